The molecular weight excluding hydrogens is 562 g/mol. The Morgan fingerprint density at radius 1 is 0.860 bits per heavy atom. The van der Waals surface area contributed by atoms with E-state index in [9.17, 15) is 14.7 Å². The van der Waals surface area contributed by atoms with Crippen molar-refractivity contribution in [2.24, 2.45) is 0 Å². The Labute approximate surface area is 260 Å². The van der Waals surface area contributed by atoms with Gasteiger partial charge >= 0.3 is 6.09 Å². The van der Waals surface area contributed by atoms with E-state index in [4.69, 9.17) is 16.3 Å². The predicted molar refractivity (Wildman–Crippen MR) is 174 cm³/mol. The van der Waals surface area contributed by atoms with Crippen LogP contribution in [-0.4, -0.2) is 60.7 Å². The molecule has 3 aromatic carbocycles. The molecule has 7 nitrogen and oxygen atoms in total. The van der Waals surface area contributed by atoms with Crippen molar-refractivity contribution in [1.82, 2.24) is 10.2 Å². The monoisotopic (exact) mass is 605 g/mol. The minimum absolute atomic E-state index is 0.0430. The van der Waals surface area contributed by atoms with Gasteiger partial charge in [-0.05, 0) is 68.6 Å². The van der Waals surface area contributed by atoms with Crippen LogP contribution in [0, 0.1) is 0 Å². The number of carbonyl (C=O) groups excluding carboxylic acids is 2. The molecule has 0 unspecified atom stereocenters. The van der Waals surface area contributed by atoms with Gasteiger partial charge in [0.25, 0.3) is 0 Å². The van der Waals surface area contributed by atoms with Crippen LogP contribution in [0.5, 0.6) is 5.75 Å². The van der Waals surface area contributed by atoms with Gasteiger partial charge in [-0.25, -0.2) is 4.79 Å². The molecule has 0 radical (unpaired) electrons. The van der Waals surface area contributed by atoms with Crippen LogP contribution in [-0.2, 0) is 4.74 Å². The number of piperidine rings is 1. The number of nitrogens with one attached hydrogen (secondary N) is 2. The van der Waals surface area contributed by atoms with Crippen LogP contribution >= 0.6 is 11.6 Å². The van der Waals surface area contributed by atoms with E-state index in [1.807, 2.05) is 54.6 Å². The van der Waals surface area contributed by atoms with Gasteiger partial charge in [-0.15, -0.1) is 0 Å². The number of benzene rings is 3. The summed E-state index contributed by atoms with van der Waals surface area (Å²) in [6.45, 7) is 4.11. The number of nitrogens with zero attached hydrogens (tertiary/aromatic N) is 1. The maximum atomic E-state index is 12.6. The number of unbranched alkanes of at least 4 members (excludes halogenated alkanes) is 6. The van der Waals surface area contributed by atoms with Crippen molar-refractivity contribution in [2.75, 3.05) is 38.0 Å². The molecule has 230 valence electrons. The van der Waals surface area contributed by atoms with Crippen molar-refractivity contribution in [2.45, 2.75) is 63.9 Å². The number of ether oxygens (including phenoxy) is 1. The van der Waals surface area contributed by atoms with Gasteiger partial charge in [-0.2, -0.15) is 0 Å². The molecule has 0 spiro atoms. The largest absolute Gasteiger partial charge is 0.506 e. The number of likely N-dealkylation sites (tertiary alicyclic amines) is 1. The molecule has 1 aliphatic rings. The van der Waals surface area contributed by atoms with Crippen molar-refractivity contribution in [3.05, 3.63) is 83.4 Å². The lowest BCUT2D eigenvalue weighted by Gasteiger charge is -2.31. The lowest BCUT2D eigenvalue weighted by molar-refractivity contribution is 0.0584. The molecule has 0 aliphatic carbocycles. The van der Waals surface area contributed by atoms with Crippen LogP contribution in [0.15, 0.2) is 72.8 Å². The molecule has 0 atom stereocenters. The first-order chi connectivity index (χ1) is 21.0. The highest BCUT2D eigenvalue weighted by molar-refractivity contribution is 6.32. The smallest absolute Gasteiger partial charge is 0.411 e. The predicted octanol–water partition coefficient (Wildman–Crippen LogP) is 7.93. The molecule has 1 aliphatic heterocycles. The number of halogens is 1. The highest BCUT2D eigenvalue weighted by Crippen LogP contribution is 2.28. The third-order valence-corrected chi connectivity index (χ3v) is 8.26. The zero-order valence-electron chi connectivity index (χ0n) is 24.9. The van der Waals surface area contributed by atoms with Crippen molar-refractivity contribution in [3.63, 3.8) is 0 Å². The molecule has 4 rings (SSSR count). The van der Waals surface area contributed by atoms with E-state index in [-0.39, 0.29) is 35.3 Å². The number of carbonyl (C=O) groups is 2. The van der Waals surface area contributed by atoms with Gasteiger partial charge < -0.3 is 20.1 Å². The Morgan fingerprint density at radius 2 is 1.53 bits per heavy atom. The van der Waals surface area contributed by atoms with Crippen molar-refractivity contribution in [1.29, 1.82) is 0 Å². The standard InChI is InChI=1S/C35H44ClN3O4/c36-31-18-17-28(25-33(31)40)34(41)26-37-21-11-4-2-1-3-5-12-22-39-23-19-29(20-24-39)43-35(42)38-32-16-10-9-15-30(32)27-13-7-6-8-14-27/h6-10,13-18,25,29,37,40H,1-5,11-12,19-24,26H2,(H,38,42). The van der Waals surface area contributed by atoms with Gasteiger partial charge in [0.1, 0.15) is 11.9 Å². The minimum atomic E-state index is -0.384. The highest BCUT2D eigenvalue weighted by Gasteiger charge is 2.22. The SMILES string of the molecule is O=C(Nc1ccccc1-c1ccccc1)OC1CCN(CCCCCCCCCNCC(=O)c2ccc(Cl)c(O)c2)CC1. The van der Waals surface area contributed by atoms with Gasteiger partial charge in [-0.3, -0.25) is 10.1 Å². The van der Waals surface area contributed by atoms with E-state index in [1.165, 1.54) is 38.2 Å². The molecular formula is C35H44ClN3O4. The van der Waals surface area contributed by atoms with Crippen LogP contribution in [0.3, 0.4) is 0 Å². The average molecular weight is 606 g/mol. The molecule has 43 heavy (non-hydrogen) atoms. The van der Waals surface area contributed by atoms with Crippen molar-refractivity contribution < 1.29 is 19.4 Å². The summed E-state index contributed by atoms with van der Waals surface area (Å²) in [5, 5.41) is 16.0. The Balaban J connectivity index is 0.988. The van der Waals surface area contributed by atoms with Gasteiger partial charge in [0.15, 0.2) is 5.78 Å². The second-order valence-electron chi connectivity index (χ2n) is 11.2. The number of phenolic OH excluding ortho intramolecular Hbond substituents is 1. The molecule has 0 bridgehead atoms. The Kier molecular flexibility index (Phi) is 13.4. The second kappa shape index (κ2) is 17.7. The summed E-state index contributed by atoms with van der Waals surface area (Å²) in [4.78, 5) is 27.3. The first-order valence-electron chi connectivity index (χ1n) is 15.6. The molecule has 1 amide bonds. The fourth-order valence-corrected chi connectivity index (χ4v) is 5.58. The third kappa shape index (κ3) is 11.0. The van der Waals surface area contributed by atoms with Crippen molar-refractivity contribution >= 4 is 29.2 Å². The van der Waals surface area contributed by atoms with E-state index in [0.717, 1.165) is 68.7 Å². The second-order valence-corrected chi connectivity index (χ2v) is 11.6. The highest BCUT2D eigenvalue weighted by atomic mass is 35.5. The molecule has 3 aromatic rings. The minimum Gasteiger partial charge on any atom is -0.506 e. The summed E-state index contributed by atoms with van der Waals surface area (Å²) < 4.78 is 5.77. The summed E-state index contributed by atoms with van der Waals surface area (Å²) in [7, 11) is 0. The number of ketones is 1. The summed E-state index contributed by atoms with van der Waals surface area (Å²) in [5.74, 6) is -0.111. The van der Waals surface area contributed by atoms with E-state index >= 15 is 0 Å². The van der Waals surface area contributed by atoms with E-state index < -0.39 is 0 Å². The lowest BCUT2D eigenvalue weighted by Crippen LogP contribution is -2.38. The Bertz CT molecular complexity index is 1300. The summed E-state index contributed by atoms with van der Waals surface area (Å²) >= 11 is 5.80. The molecule has 1 heterocycles. The Hall–Kier alpha value is -3.39. The molecule has 1 fully saturated rings. The maximum Gasteiger partial charge on any atom is 0.411 e. The topological polar surface area (TPSA) is 90.9 Å². The van der Waals surface area contributed by atoms with Gasteiger partial charge in [0.05, 0.1) is 17.3 Å². The summed E-state index contributed by atoms with van der Waals surface area (Å²) in [6, 6.07) is 22.4. The fourth-order valence-electron chi connectivity index (χ4n) is 5.46. The summed E-state index contributed by atoms with van der Waals surface area (Å²) in [6.07, 6.45) is 9.65. The maximum absolute atomic E-state index is 12.6. The van der Waals surface area contributed by atoms with Crippen LogP contribution in [0.25, 0.3) is 11.1 Å². The van der Waals surface area contributed by atoms with E-state index in [0.29, 0.717) is 5.56 Å². The Morgan fingerprint density at radius 3 is 2.28 bits per heavy atom. The number of hydrogen-bond acceptors (Lipinski definition) is 6. The zero-order valence-corrected chi connectivity index (χ0v) is 25.7. The normalized spacial score (nSPS) is 14.0. The molecule has 8 heteroatoms. The fraction of sp³-hybridized carbons (Fsp3) is 0.429. The van der Waals surface area contributed by atoms with Crippen LogP contribution in [0.4, 0.5) is 10.5 Å². The number of Topliss-reactive ketones (excluding diaryl/α,β-unsaturated/α-hetero) is 1. The van der Waals surface area contributed by atoms with Crippen LogP contribution in [0.1, 0.15) is 68.1 Å². The molecule has 0 saturated carbocycles. The van der Waals surface area contributed by atoms with Crippen LogP contribution < -0.4 is 10.6 Å². The lowest BCUT2D eigenvalue weighted by atomic mass is 10.0. The number of hydrogen-bond donors (Lipinski definition) is 3. The zero-order chi connectivity index (χ0) is 30.3. The number of anilines is 1. The van der Waals surface area contributed by atoms with E-state index in [2.05, 4.69) is 15.5 Å². The third-order valence-electron chi connectivity index (χ3n) is 7.94. The number of rotatable bonds is 16. The first kappa shape index (κ1) is 32.5. The first-order valence-corrected chi connectivity index (χ1v) is 15.9. The quantitative estimate of drug-likeness (QED) is 0.113. The van der Waals surface area contributed by atoms with Gasteiger partial charge in [0, 0.05) is 24.2 Å². The van der Waals surface area contributed by atoms with Gasteiger partial charge in [0.2, 0.25) is 0 Å². The average Bonchev–Trinajstić information content (AvgIpc) is 3.02. The molecule has 3 N–H and O–H groups in total. The number of aromatic hydroxyl groups is 1. The molecule has 1 saturated heterocycles. The van der Waals surface area contributed by atoms with Gasteiger partial charge in [-0.1, -0.05) is 92.2 Å². The number of para-hydroxylation sites is 1. The molecule has 0 aromatic heterocycles. The number of phenols is 1. The van der Waals surface area contributed by atoms with Crippen LogP contribution in [0.2, 0.25) is 5.02 Å². The van der Waals surface area contributed by atoms with Crippen molar-refractivity contribution in [3.8, 4) is 16.9 Å². The van der Waals surface area contributed by atoms with E-state index in [1.54, 1.807) is 12.1 Å². The summed E-state index contributed by atoms with van der Waals surface area (Å²) in [5.41, 5.74) is 3.27. The number of amides is 1.